The van der Waals surface area contributed by atoms with Crippen LogP contribution in [0.5, 0.6) is 0 Å². The normalized spacial score (nSPS) is 22.9. The number of hydrogen-bond acceptors (Lipinski definition) is 15. The fourth-order valence-electron chi connectivity index (χ4n) is 6.66. The van der Waals surface area contributed by atoms with Gasteiger partial charge in [0.15, 0.2) is 42.9 Å². The summed E-state index contributed by atoms with van der Waals surface area (Å²) in [5.74, 6) is -5.39. The lowest BCUT2D eigenvalue weighted by molar-refractivity contribution is -0.332. The molecule has 0 spiro atoms. The van der Waals surface area contributed by atoms with Crippen molar-refractivity contribution >= 4 is 70.5 Å². The highest BCUT2D eigenvalue weighted by Gasteiger charge is 2.55. The van der Waals surface area contributed by atoms with Gasteiger partial charge in [0.25, 0.3) is 3.79 Å². The minimum atomic E-state index is -2.44. The van der Waals surface area contributed by atoms with Crippen LogP contribution in [0.25, 0.3) is 0 Å². The Balaban J connectivity index is 1.30. The molecule has 65 heavy (non-hydrogen) atoms. The molecule has 0 amide bonds. The van der Waals surface area contributed by atoms with E-state index in [-0.39, 0.29) is 27.8 Å². The molecule has 0 aromatic heterocycles. The summed E-state index contributed by atoms with van der Waals surface area (Å²) in [4.78, 5) is 68.8. The first-order chi connectivity index (χ1) is 31.4. The molecule has 0 radical (unpaired) electrons. The molecule has 2 heterocycles. The maximum absolute atomic E-state index is 14.0. The van der Waals surface area contributed by atoms with E-state index in [1.807, 2.05) is 0 Å². The van der Waals surface area contributed by atoms with E-state index in [4.69, 9.17) is 82.8 Å². The lowest BCUT2D eigenvalue weighted by atomic mass is 10.0. The number of carbonyl (C=O) groups excluding carboxylic acids is 5. The molecule has 0 bridgehead atoms. The quantitative estimate of drug-likeness (QED) is 0.0399. The highest BCUT2D eigenvalue weighted by Crippen LogP contribution is 2.35. The van der Waals surface area contributed by atoms with Crippen LogP contribution in [-0.4, -0.2) is 102 Å². The molecule has 2 saturated heterocycles. The summed E-state index contributed by atoms with van der Waals surface area (Å²) in [6, 6.07) is 39.3. The maximum atomic E-state index is 14.0. The molecule has 15 nitrogen and oxygen atoms in total. The monoisotopic (exact) mass is 945 g/mol. The number of carbonyl (C=O) groups is 5. The van der Waals surface area contributed by atoms with E-state index < -0.39 is 102 Å². The van der Waals surface area contributed by atoms with Crippen molar-refractivity contribution in [3.63, 3.8) is 0 Å². The molecule has 0 unspecified atom stereocenters. The third kappa shape index (κ3) is 12.1. The Labute approximate surface area is 386 Å². The number of ether oxygens (including phenoxy) is 9. The average Bonchev–Trinajstić information content (AvgIpc) is 3.33. The summed E-state index contributed by atoms with van der Waals surface area (Å²) in [5.41, 5.74) is 0.512. The highest BCUT2D eigenvalue weighted by molar-refractivity contribution is 6.76. The van der Waals surface area contributed by atoms with Crippen LogP contribution in [0, 0.1) is 5.41 Å². The second kappa shape index (κ2) is 21.6. The summed E-state index contributed by atoms with van der Waals surface area (Å²) in [6.45, 7) is -1.06. The predicted octanol–water partition coefficient (Wildman–Crippen LogP) is 7.58. The molecule has 8 atom stereocenters. The van der Waals surface area contributed by atoms with Crippen LogP contribution < -0.4 is 0 Å². The highest BCUT2D eigenvalue weighted by atomic mass is 35.6. The van der Waals surface area contributed by atoms with Crippen molar-refractivity contribution in [2.75, 3.05) is 13.2 Å². The average molecular weight is 947 g/mol. The largest absolute Gasteiger partial charge is 0.452 e. The predicted molar refractivity (Wildman–Crippen MR) is 232 cm³/mol. The van der Waals surface area contributed by atoms with E-state index in [0.29, 0.717) is 0 Å². The van der Waals surface area contributed by atoms with Gasteiger partial charge in [-0.15, -0.1) is 0 Å². The molecule has 7 rings (SSSR count). The molecular formula is C47H38Cl3NO14. The first-order valence-corrected chi connectivity index (χ1v) is 21.0. The summed E-state index contributed by atoms with van der Waals surface area (Å²) >= 11 is 18.1. The van der Waals surface area contributed by atoms with E-state index in [9.17, 15) is 24.0 Å². The smallest absolute Gasteiger partial charge is 0.338 e. The topological polar surface area (TPSA) is 192 Å². The van der Waals surface area contributed by atoms with E-state index in [1.54, 1.807) is 91.0 Å². The summed E-state index contributed by atoms with van der Waals surface area (Å²) < 4.78 is 51.9. The van der Waals surface area contributed by atoms with Crippen molar-refractivity contribution in [1.29, 1.82) is 5.41 Å². The number of halogens is 3. The van der Waals surface area contributed by atoms with Crippen LogP contribution in [0.2, 0.25) is 0 Å². The Morgan fingerprint density at radius 2 is 0.708 bits per heavy atom. The van der Waals surface area contributed by atoms with E-state index in [1.165, 1.54) is 60.7 Å². The van der Waals surface area contributed by atoms with E-state index in [2.05, 4.69) is 0 Å². The van der Waals surface area contributed by atoms with Gasteiger partial charge in [0.2, 0.25) is 12.2 Å². The zero-order valence-electron chi connectivity index (χ0n) is 33.8. The second-order valence-electron chi connectivity index (χ2n) is 14.3. The minimum Gasteiger partial charge on any atom is -0.452 e. The Bertz CT molecular complexity index is 2430. The summed E-state index contributed by atoms with van der Waals surface area (Å²) in [5, 5.41) is 8.43. The van der Waals surface area contributed by atoms with Crippen LogP contribution in [-0.2, 0) is 42.6 Å². The molecule has 2 aliphatic heterocycles. The standard InChI is InChI=1S/C47H38Cl3NO14/c48-47(49,50)46(51)65-45-38(36(62-42(55)31-22-12-4-13-23-31)34(27-58-45)60-40(53)29-18-8-2-9-19-29)64-44-37(63-43(56)32-24-14-5-15-25-32)35(61-41(54)30-20-10-3-11-21-30)33(26-57-44)59-39(52)28-16-6-1-7-17-28/h1-25,33-38,44-45,51H,26-27H2/t33-,34+,35+,36+,37-,38-,44+,45-/m1/s1. The van der Waals surface area contributed by atoms with Gasteiger partial charge in [-0.3, -0.25) is 5.41 Å². The van der Waals surface area contributed by atoms with Crippen molar-refractivity contribution in [3.05, 3.63) is 179 Å². The number of benzene rings is 5. The van der Waals surface area contributed by atoms with Gasteiger partial charge < -0.3 is 42.6 Å². The minimum absolute atomic E-state index is 0.0590. The lowest BCUT2D eigenvalue weighted by Crippen LogP contribution is -2.63. The molecule has 336 valence electrons. The van der Waals surface area contributed by atoms with Crippen LogP contribution in [0.15, 0.2) is 152 Å². The molecule has 0 saturated carbocycles. The fourth-order valence-corrected chi connectivity index (χ4v) is 6.79. The van der Waals surface area contributed by atoms with E-state index in [0.717, 1.165) is 0 Å². The molecule has 2 aliphatic rings. The van der Waals surface area contributed by atoms with Crippen molar-refractivity contribution in [3.8, 4) is 0 Å². The summed E-state index contributed by atoms with van der Waals surface area (Å²) in [6.07, 6.45) is -13.5. The first-order valence-electron chi connectivity index (χ1n) is 19.9. The van der Waals surface area contributed by atoms with Crippen LogP contribution >= 0.6 is 34.8 Å². The van der Waals surface area contributed by atoms with Crippen molar-refractivity contribution in [2.45, 2.75) is 53.0 Å². The Morgan fingerprint density at radius 1 is 0.415 bits per heavy atom. The van der Waals surface area contributed by atoms with Crippen molar-refractivity contribution in [2.24, 2.45) is 0 Å². The lowest BCUT2D eigenvalue weighted by Gasteiger charge is -2.45. The van der Waals surface area contributed by atoms with Gasteiger partial charge in [-0.05, 0) is 60.7 Å². The van der Waals surface area contributed by atoms with Gasteiger partial charge in [0.05, 0.1) is 41.0 Å². The molecule has 18 heteroatoms. The zero-order chi connectivity index (χ0) is 45.9. The van der Waals surface area contributed by atoms with Gasteiger partial charge in [0, 0.05) is 0 Å². The van der Waals surface area contributed by atoms with E-state index >= 15 is 0 Å². The third-order valence-electron chi connectivity index (χ3n) is 9.84. The maximum Gasteiger partial charge on any atom is 0.338 e. The molecule has 5 aromatic carbocycles. The molecule has 5 aromatic rings. The van der Waals surface area contributed by atoms with Crippen LogP contribution in [0.4, 0.5) is 0 Å². The Morgan fingerprint density at radius 3 is 1.05 bits per heavy atom. The van der Waals surface area contributed by atoms with Crippen molar-refractivity contribution in [1.82, 2.24) is 0 Å². The second-order valence-corrected chi connectivity index (χ2v) is 16.6. The Kier molecular flexibility index (Phi) is 15.5. The van der Waals surface area contributed by atoms with Gasteiger partial charge in [-0.1, -0.05) is 126 Å². The SMILES string of the molecule is N=C(O[C@H]1OC[C@H](OC(=O)c2ccccc2)[C@H](OC(=O)c2ccccc2)[C@H]1O[C@@H]1OC[C@@H](OC(=O)c2ccccc2)[C@H](OC(=O)c2ccccc2)[C@H]1OC(=O)c1ccccc1)C(Cl)(Cl)Cl. The third-order valence-corrected chi connectivity index (χ3v) is 10.4. The number of esters is 5. The molecular weight excluding hydrogens is 909 g/mol. The molecule has 0 aliphatic carbocycles. The number of nitrogens with one attached hydrogen (secondary N) is 1. The number of alkyl halides is 3. The molecule has 2 fully saturated rings. The van der Waals surface area contributed by atoms with Gasteiger partial charge >= 0.3 is 29.8 Å². The number of hydrogen-bond donors (Lipinski definition) is 1. The zero-order valence-corrected chi connectivity index (χ0v) is 36.1. The van der Waals surface area contributed by atoms with Crippen LogP contribution in [0.3, 0.4) is 0 Å². The molecule has 1 N–H and O–H groups in total. The van der Waals surface area contributed by atoms with Crippen molar-refractivity contribution < 1.29 is 66.6 Å². The Hall–Kier alpha value is -6.33. The van der Waals surface area contributed by atoms with Gasteiger partial charge in [0.1, 0.15) is 0 Å². The van der Waals surface area contributed by atoms with Gasteiger partial charge in [-0.2, -0.15) is 0 Å². The number of rotatable bonds is 13. The summed E-state index contributed by atoms with van der Waals surface area (Å²) in [7, 11) is 0. The first kappa shape index (κ1) is 46.7. The van der Waals surface area contributed by atoms with Crippen LogP contribution in [0.1, 0.15) is 51.8 Å². The van der Waals surface area contributed by atoms with Gasteiger partial charge in [-0.25, -0.2) is 24.0 Å². The fraction of sp³-hybridized carbons (Fsp3) is 0.234.